The smallest absolute Gasteiger partial charge is 0.358 e. The third-order valence-corrected chi connectivity index (χ3v) is 5.03. The summed E-state index contributed by atoms with van der Waals surface area (Å²) in [7, 11) is 1.56. The fourth-order valence-corrected chi connectivity index (χ4v) is 3.44. The van der Waals surface area contributed by atoms with Crippen molar-refractivity contribution in [2.45, 2.75) is 6.92 Å². The van der Waals surface area contributed by atoms with E-state index in [9.17, 15) is 14.0 Å². The van der Waals surface area contributed by atoms with Crippen molar-refractivity contribution < 1.29 is 23.5 Å². The molecule has 1 N–H and O–H groups in total. The number of aromatic nitrogens is 2. The van der Waals surface area contributed by atoms with Crippen LogP contribution in [0.25, 0.3) is 16.9 Å². The molecular weight excluding hydrogens is 437 g/mol. The van der Waals surface area contributed by atoms with Gasteiger partial charge < -0.3 is 14.8 Å². The van der Waals surface area contributed by atoms with Gasteiger partial charge in [0.05, 0.1) is 19.4 Å². The second kappa shape index (κ2) is 9.99. The van der Waals surface area contributed by atoms with Gasteiger partial charge in [-0.15, -0.1) is 0 Å². The van der Waals surface area contributed by atoms with Gasteiger partial charge in [-0.3, -0.25) is 4.79 Å². The van der Waals surface area contributed by atoms with Gasteiger partial charge in [-0.1, -0.05) is 24.3 Å². The molecule has 172 valence electrons. The lowest BCUT2D eigenvalue weighted by Gasteiger charge is -2.12. The molecule has 0 unspecified atom stereocenters. The molecule has 0 aliphatic rings. The maximum absolute atomic E-state index is 13.2. The SMILES string of the molecule is CCOC(=O)c1cc(-c2cccc(NC(=O)c3ccc(F)cc3)c2)n(-c2ccccc2OC)n1. The van der Waals surface area contributed by atoms with E-state index in [0.717, 1.165) is 0 Å². The molecule has 0 saturated carbocycles. The fourth-order valence-electron chi connectivity index (χ4n) is 3.44. The summed E-state index contributed by atoms with van der Waals surface area (Å²) in [5.41, 5.74) is 2.93. The van der Waals surface area contributed by atoms with Gasteiger partial charge in [0, 0.05) is 16.8 Å². The Hall–Kier alpha value is -4.46. The number of hydrogen-bond acceptors (Lipinski definition) is 5. The first-order valence-electron chi connectivity index (χ1n) is 10.6. The molecule has 1 amide bonds. The first-order chi connectivity index (χ1) is 16.5. The van der Waals surface area contributed by atoms with E-state index < -0.39 is 11.8 Å². The molecule has 7 nitrogen and oxygen atoms in total. The lowest BCUT2D eigenvalue weighted by atomic mass is 10.1. The third kappa shape index (κ3) is 4.80. The summed E-state index contributed by atoms with van der Waals surface area (Å²) in [6.07, 6.45) is 0. The molecule has 4 aromatic rings. The van der Waals surface area contributed by atoms with E-state index in [1.165, 1.54) is 24.3 Å². The van der Waals surface area contributed by atoms with Crippen molar-refractivity contribution in [2.75, 3.05) is 19.0 Å². The highest BCUT2D eigenvalue weighted by atomic mass is 19.1. The number of carbonyl (C=O) groups excluding carboxylic acids is 2. The molecule has 4 rings (SSSR count). The number of benzene rings is 3. The third-order valence-electron chi connectivity index (χ3n) is 5.03. The van der Waals surface area contributed by atoms with Crippen molar-refractivity contribution in [1.82, 2.24) is 9.78 Å². The minimum absolute atomic E-state index is 0.142. The van der Waals surface area contributed by atoms with Crippen LogP contribution in [0.3, 0.4) is 0 Å². The number of ether oxygens (including phenoxy) is 2. The molecule has 8 heteroatoms. The Morgan fingerprint density at radius 3 is 2.50 bits per heavy atom. The average molecular weight is 459 g/mol. The normalized spacial score (nSPS) is 10.6. The molecule has 0 fully saturated rings. The van der Waals surface area contributed by atoms with E-state index in [2.05, 4.69) is 10.4 Å². The Labute approximate surface area is 195 Å². The van der Waals surface area contributed by atoms with Crippen molar-refractivity contribution in [3.8, 4) is 22.7 Å². The molecule has 0 spiro atoms. The zero-order valence-corrected chi connectivity index (χ0v) is 18.6. The van der Waals surface area contributed by atoms with Crippen molar-refractivity contribution >= 4 is 17.6 Å². The van der Waals surface area contributed by atoms with Crippen molar-refractivity contribution in [3.63, 3.8) is 0 Å². The lowest BCUT2D eigenvalue weighted by Crippen LogP contribution is -2.11. The summed E-state index contributed by atoms with van der Waals surface area (Å²) in [5.74, 6) is -0.760. The van der Waals surface area contributed by atoms with Gasteiger partial charge in [-0.05, 0) is 61.5 Å². The molecule has 3 aromatic carbocycles. The summed E-state index contributed by atoms with van der Waals surface area (Å²) in [6, 6.07) is 21.3. The number of anilines is 1. The Balaban J connectivity index is 1.74. The molecule has 0 atom stereocenters. The van der Waals surface area contributed by atoms with Crippen molar-refractivity contribution in [1.29, 1.82) is 0 Å². The van der Waals surface area contributed by atoms with Crippen molar-refractivity contribution in [3.05, 3.63) is 95.9 Å². The lowest BCUT2D eigenvalue weighted by molar-refractivity contribution is 0.0518. The maximum atomic E-state index is 13.2. The maximum Gasteiger partial charge on any atom is 0.358 e. The van der Waals surface area contributed by atoms with Gasteiger partial charge in [0.1, 0.15) is 17.3 Å². The highest BCUT2D eigenvalue weighted by Gasteiger charge is 2.20. The number of para-hydroxylation sites is 2. The summed E-state index contributed by atoms with van der Waals surface area (Å²) in [5, 5.41) is 7.28. The largest absolute Gasteiger partial charge is 0.494 e. The molecule has 0 radical (unpaired) electrons. The summed E-state index contributed by atoms with van der Waals surface area (Å²) < 4.78 is 25.4. The first kappa shape index (κ1) is 22.7. The second-order valence-corrected chi connectivity index (χ2v) is 7.26. The standard InChI is InChI=1S/C26H22FN3O4/c1-3-34-26(32)21-16-23(30(29-21)22-9-4-5-10-24(22)33-2)18-7-6-8-20(15-18)28-25(31)17-11-13-19(27)14-12-17/h4-16H,3H2,1-2H3,(H,28,31). The summed E-state index contributed by atoms with van der Waals surface area (Å²) >= 11 is 0. The summed E-state index contributed by atoms with van der Waals surface area (Å²) in [6.45, 7) is 1.95. The van der Waals surface area contributed by atoms with Crippen LogP contribution in [0.5, 0.6) is 5.75 Å². The Morgan fingerprint density at radius 1 is 1.00 bits per heavy atom. The monoisotopic (exact) mass is 459 g/mol. The van der Waals surface area contributed by atoms with Crippen LogP contribution in [0.4, 0.5) is 10.1 Å². The summed E-state index contributed by atoms with van der Waals surface area (Å²) in [4.78, 5) is 25.0. The number of halogens is 1. The van der Waals surface area contributed by atoms with E-state index >= 15 is 0 Å². The number of methoxy groups -OCH3 is 1. The molecule has 1 aromatic heterocycles. The van der Waals surface area contributed by atoms with Crippen LogP contribution < -0.4 is 10.1 Å². The Kier molecular flexibility index (Phi) is 6.68. The number of nitrogens with zero attached hydrogens (tertiary/aromatic N) is 2. The van der Waals surface area contributed by atoms with Crippen LogP contribution in [0, 0.1) is 5.82 Å². The minimum atomic E-state index is -0.543. The number of esters is 1. The van der Waals surface area contributed by atoms with Crippen LogP contribution in [-0.4, -0.2) is 35.4 Å². The van der Waals surface area contributed by atoms with Gasteiger partial charge in [0.15, 0.2) is 5.69 Å². The number of rotatable bonds is 7. The van der Waals surface area contributed by atoms with Crippen LogP contribution >= 0.6 is 0 Å². The predicted octanol–water partition coefficient (Wildman–Crippen LogP) is 5.12. The van der Waals surface area contributed by atoms with Crippen LogP contribution in [-0.2, 0) is 4.74 Å². The average Bonchev–Trinajstić information content (AvgIpc) is 3.30. The molecule has 0 aliphatic carbocycles. The highest BCUT2D eigenvalue weighted by Crippen LogP contribution is 2.30. The zero-order valence-electron chi connectivity index (χ0n) is 18.6. The topological polar surface area (TPSA) is 82.5 Å². The van der Waals surface area contributed by atoms with Crippen LogP contribution in [0.1, 0.15) is 27.8 Å². The number of amides is 1. The number of carbonyl (C=O) groups is 2. The van der Waals surface area contributed by atoms with Gasteiger partial charge in [0.2, 0.25) is 0 Å². The van der Waals surface area contributed by atoms with Gasteiger partial charge >= 0.3 is 5.97 Å². The Morgan fingerprint density at radius 2 is 1.76 bits per heavy atom. The van der Waals surface area contributed by atoms with E-state index in [-0.39, 0.29) is 18.2 Å². The van der Waals surface area contributed by atoms with E-state index in [1.54, 1.807) is 49.0 Å². The van der Waals surface area contributed by atoms with Crippen molar-refractivity contribution in [2.24, 2.45) is 0 Å². The van der Waals surface area contributed by atoms with Gasteiger partial charge in [-0.25, -0.2) is 13.9 Å². The Bertz CT molecular complexity index is 1330. The first-order valence-corrected chi connectivity index (χ1v) is 10.6. The number of nitrogens with one attached hydrogen (secondary N) is 1. The molecule has 1 heterocycles. The van der Waals surface area contributed by atoms with Gasteiger partial charge in [-0.2, -0.15) is 5.10 Å². The fraction of sp³-hybridized carbons (Fsp3) is 0.115. The second-order valence-electron chi connectivity index (χ2n) is 7.26. The number of hydrogen-bond donors (Lipinski definition) is 1. The van der Waals surface area contributed by atoms with Crippen LogP contribution in [0.2, 0.25) is 0 Å². The predicted molar refractivity (Wildman–Crippen MR) is 126 cm³/mol. The molecular formula is C26H22FN3O4. The van der Waals surface area contributed by atoms with E-state index in [1.807, 2.05) is 24.3 Å². The molecule has 34 heavy (non-hydrogen) atoms. The molecule has 0 aliphatic heterocycles. The highest BCUT2D eigenvalue weighted by molar-refractivity contribution is 6.04. The zero-order chi connectivity index (χ0) is 24.1. The van der Waals surface area contributed by atoms with E-state index in [4.69, 9.17) is 9.47 Å². The molecule has 0 bridgehead atoms. The molecule has 0 saturated heterocycles. The van der Waals surface area contributed by atoms with Gasteiger partial charge in [0.25, 0.3) is 5.91 Å². The quantitative estimate of drug-likeness (QED) is 0.388. The minimum Gasteiger partial charge on any atom is -0.494 e. The van der Waals surface area contributed by atoms with E-state index in [0.29, 0.717) is 33.9 Å². The van der Waals surface area contributed by atoms with Crippen LogP contribution in [0.15, 0.2) is 78.9 Å².